The van der Waals surface area contributed by atoms with Crippen LogP contribution in [-0.4, -0.2) is 32.0 Å². The Hall–Kier alpha value is -0.0900. The van der Waals surface area contributed by atoms with E-state index in [1.54, 1.807) is 0 Å². The summed E-state index contributed by atoms with van der Waals surface area (Å²) in [4.78, 5) is 0. The molecule has 0 aliphatic heterocycles. The van der Waals surface area contributed by atoms with Gasteiger partial charge in [-0.15, -0.1) is 0 Å². The van der Waals surface area contributed by atoms with Crippen LogP contribution in [0.15, 0.2) is 0 Å². The molecule has 20 heavy (non-hydrogen) atoms. The molecule has 0 amide bonds. The predicted octanol–water partition coefficient (Wildman–Crippen LogP) is 3.15. The minimum atomic E-state index is -2.98. The van der Waals surface area contributed by atoms with Crippen molar-refractivity contribution in [3.63, 3.8) is 0 Å². The zero-order chi connectivity index (χ0) is 15.0. The Kier molecular flexibility index (Phi) is 4.85. The highest BCUT2D eigenvalue weighted by Crippen LogP contribution is 2.42. The van der Waals surface area contributed by atoms with Gasteiger partial charge in [0.25, 0.3) is 0 Å². The van der Waals surface area contributed by atoms with Gasteiger partial charge in [0.1, 0.15) is 0 Å². The molecule has 3 atom stereocenters. The van der Waals surface area contributed by atoms with Crippen LogP contribution in [-0.2, 0) is 9.84 Å². The fourth-order valence-electron chi connectivity index (χ4n) is 4.07. The van der Waals surface area contributed by atoms with Gasteiger partial charge in [-0.2, -0.15) is 0 Å². The molecule has 0 heterocycles. The third-order valence-electron chi connectivity index (χ3n) is 5.58. The molecule has 0 bridgehead atoms. The summed E-state index contributed by atoms with van der Waals surface area (Å²) in [5.41, 5.74) is 0.210. The molecule has 0 spiro atoms. The summed E-state index contributed by atoms with van der Waals surface area (Å²) in [6.45, 7) is 6.74. The van der Waals surface area contributed by atoms with Crippen LogP contribution < -0.4 is 5.32 Å². The minimum absolute atomic E-state index is 0.0675. The summed E-state index contributed by atoms with van der Waals surface area (Å²) in [7, 11) is -1.06. The lowest BCUT2D eigenvalue weighted by Crippen LogP contribution is -2.50. The number of nitrogens with one attached hydrogen (secondary N) is 1. The van der Waals surface area contributed by atoms with Crippen LogP contribution in [0.1, 0.15) is 65.7 Å². The van der Waals surface area contributed by atoms with Gasteiger partial charge in [-0.05, 0) is 50.5 Å². The Balaban J connectivity index is 2.20. The van der Waals surface area contributed by atoms with Crippen molar-refractivity contribution in [1.82, 2.24) is 5.32 Å². The van der Waals surface area contributed by atoms with Gasteiger partial charge < -0.3 is 5.32 Å². The summed E-state index contributed by atoms with van der Waals surface area (Å²) in [6, 6.07) is 0.152. The zero-order valence-corrected chi connectivity index (χ0v) is 14.3. The van der Waals surface area contributed by atoms with E-state index in [4.69, 9.17) is 0 Å². The van der Waals surface area contributed by atoms with Crippen molar-refractivity contribution in [3.05, 3.63) is 0 Å². The lowest BCUT2D eigenvalue weighted by molar-refractivity contribution is 0.164. The molecular formula is C16H31NO2S. The van der Waals surface area contributed by atoms with Crippen LogP contribution in [0.3, 0.4) is 0 Å². The van der Waals surface area contributed by atoms with Gasteiger partial charge in [0.2, 0.25) is 0 Å². The molecule has 1 N–H and O–H groups in total. The summed E-state index contributed by atoms with van der Waals surface area (Å²) in [5.74, 6) is 0.522. The first kappa shape index (κ1) is 16.3. The number of hydrogen-bond acceptors (Lipinski definition) is 3. The smallest absolute Gasteiger partial charge is 0.157 e. The highest BCUT2D eigenvalue weighted by Gasteiger charge is 2.44. The molecule has 118 valence electrons. The predicted molar refractivity (Wildman–Crippen MR) is 84.6 cm³/mol. The summed E-state index contributed by atoms with van der Waals surface area (Å²) in [6.07, 6.45) is 6.92. The standard InChI is InChI=1S/C16H31NO2S/c1-16(2,3)12-9-10-14(17-4)15(11-12)20(18,19)13-7-5-6-8-13/h12-15,17H,5-11H2,1-4H3. The van der Waals surface area contributed by atoms with Crippen LogP contribution in [0.5, 0.6) is 0 Å². The largest absolute Gasteiger partial charge is 0.316 e. The number of hydrogen-bond donors (Lipinski definition) is 1. The van der Waals surface area contributed by atoms with Gasteiger partial charge in [-0.1, -0.05) is 33.6 Å². The van der Waals surface area contributed by atoms with E-state index in [9.17, 15) is 8.42 Å². The van der Waals surface area contributed by atoms with Crippen molar-refractivity contribution in [2.75, 3.05) is 7.05 Å². The average molecular weight is 301 g/mol. The first-order chi connectivity index (χ1) is 9.26. The SMILES string of the molecule is CNC1CCC(C(C)(C)C)CC1S(=O)(=O)C1CCCC1. The number of rotatable bonds is 3. The van der Waals surface area contributed by atoms with E-state index in [-0.39, 0.29) is 22.0 Å². The van der Waals surface area contributed by atoms with Crippen LogP contribution in [0.2, 0.25) is 0 Å². The maximum Gasteiger partial charge on any atom is 0.157 e. The molecule has 0 aromatic rings. The van der Waals surface area contributed by atoms with Gasteiger partial charge in [0.05, 0.1) is 10.5 Å². The Bertz CT molecular complexity index is 418. The molecule has 2 fully saturated rings. The molecule has 0 saturated heterocycles. The van der Waals surface area contributed by atoms with Gasteiger partial charge in [-0.25, -0.2) is 8.42 Å². The van der Waals surface area contributed by atoms with Crippen molar-refractivity contribution in [2.45, 2.75) is 82.3 Å². The van der Waals surface area contributed by atoms with E-state index in [1.807, 2.05) is 7.05 Å². The van der Waals surface area contributed by atoms with Crippen molar-refractivity contribution in [2.24, 2.45) is 11.3 Å². The summed E-state index contributed by atoms with van der Waals surface area (Å²) >= 11 is 0. The van der Waals surface area contributed by atoms with E-state index in [0.717, 1.165) is 44.9 Å². The monoisotopic (exact) mass is 301 g/mol. The maximum atomic E-state index is 13.0. The van der Waals surface area contributed by atoms with Crippen molar-refractivity contribution < 1.29 is 8.42 Å². The summed E-state index contributed by atoms with van der Waals surface area (Å²) < 4.78 is 26.0. The molecule has 2 saturated carbocycles. The molecule has 0 aromatic carbocycles. The van der Waals surface area contributed by atoms with E-state index >= 15 is 0 Å². The quantitative estimate of drug-likeness (QED) is 0.871. The first-order valence-electron chi connectivity index (χ1n) is 8.16. The van der Waals surface area contributed by atoms with Crippen LogP contribution in [0.25, 0.3) is 0 Å². The second kappa shape index (κ2) is 5.96. The highest BCUT2D eigenvalue weighted by molar-refractivity contribution is 7.92. The van der Waals surface area contributed by atoms with Crippen molar-refractivity contribution in [1.29, 1.82) is 0 Å². The van der Waals surface area contributed by atoms with Crippen LogP contribution in [0.4, 0.5) is 0 Å². The molecule has 2 rings (SSSR count). The Morgan fingerprint density at radius 3 is 2.10 bits per heavy atom. The normalized spacial score (nSPS) is 33.5. The van der Waals surface area contributed by atoms with Gasteiger partial charge in [0, 0.05) is 6.04 Å². The second-order valence-corrected chi connectivity index (χ2v) is 10.3. The molecule has 2 aliphatic carbocycles. The molecule has 2 aliphatic rings. The summed E-state index contributed by atoms with van der Waals surface area (Å²) in [5, 5.41) is 3.04. The maximum absolute atomic E-state index is 13.0. The van der Waals surface area contributed by atoms with Gasteiger partial charge in [0.15, 0.2) is 9.84 Å². The Labute approximate surface area is 124 Å². The third-order valence-corrected chi connectivity index (χ3v) is 8.34. The third kappa shape index (κ3) is 3.22. The Morgan fingerprint density at radius 1 is 1.00 bits per heavy atom. The molecular weight excluding hydrogens is 270 g/mol. The zero-order valence-electron chi connectivity index (χ0n) is 13.5. The number of sulfone groups is 1. The van der Waals surface area contributed by atoms with Crippen LogP contribution in [0, 0.1) is 11.3 Å². The lowest BCUT2D eigenvalue weighted by Gasteiger charge is -2.42. The topological polar surface area (TPSA) is 46.2 Å². The van der Waals surface area contributed by atoms with E-state index < -0.39 is 9.84 Å². The van der Waals surface area contributed by atoms with Gasteiger partial charge in [-0.3, -0.25) is 0 Å². The molecule has 3 nitrogen and oxygen atoms in total. The van der Waals surface area contributed by atoms with Crippen molar-refractivity contribution >= 4 is 9.84 Å². The molecule has 0 aromatic heterocycles. The fourth-order valence-corrected chi connectivity index (χ4v) is 6.79. The minimum Gasteiger partial charge on any atom is -0.316 e. The lowest BCUT2D eigenvalue weighted by atomic mass is 9.71. The van der Waals surface area contributed by atoms with E-state index in [2.05, 4.69) is 26.1 Å². The molecule has 3 unspecified atom stereocenters. The molecule has 0 radical (unpaired) electrons. The van der Waals surface area contributed by atoms with E-state index in [1.165, 1.54) is 0 Å². The average Bonchev–Trinajstić information content (AvgIpc) is 2.91. The second-order valence-electron chi connectivity index (χ2n) is 7.81. The fraction of sp³-hybridized carbons (Fsp3) is 1.00. The van der Waals surface area contributed by atoms with E-state index in [0.29, 0.717) is 5.92 Å². The van der Waals surface area contributed by atoms with Gasteiger partial charge >= 0.3 is 0 Å². The highest BCUT2D eigenvalue weighted by atomic mass is 32.2. The van der Waals surface area contributed by atoms with Crippen molar-refractivity contribution in [3.8, 4) is 0 Å². The Morgan fingerprint density at radius 2 is 1.60 bits per heavy atom. The van der Waals surface area contributed by atoms with Crippen LogP contribution >= 0.6 is 0 Å². The molecule has 4 heteroatoms. The first-order valence-corrected chi connectivity index (χ1v) is 9.77.